The minimum absolute atomic E-state index is 0.0399. The minimum Gasteiger partial charge on any atom is -0.473 e. The quantitative estimate of drug-likeness (QED) is 0.494. The Hall–Kier alpha value is -3.15. The molecular formula is C25H29N5O5S. The van der Waals surface area contributed by atoms with Crippen LogP contribution in [0.2, 0.25) is 0 Å². The zero-order chi connectivity index (χ0) is 25.3. The third kappa shape index (κ3) is 5.32. The summed E-state index contributed by atoms with van der Waals surface area (Å²) in [5, 5.41) is 0. The highest BCUT2D eigenvalue weighted by Crippen LogP contribution is 2.32. The van der Waals surface area contributed by atoms with Crippen LogP contribution in [0, 0.1) is 0 Å². The van der Waals surface area contributed by atoms with Crippen LogP contribution in [0.1, 0.15) is 24.3 Å². The van der Waals surface area contributed by atoms with Crippen LogP contribution >= 0.6 is 0 Å². The number of morpholine rings is 1. The Labute approximate surface area is 210 Å². The van der Waals surface area contributed by atoms with E-state index in [-0.39, 0.29) is 25.2 Å². The number of aromatic nitrogens is 3. The van der Waals surface area contributed by atoms with Crippen LogP contribution in [0.3, 0.4) is 0 Å². The molecule has 2 fully saturated rings. The highest BCUT2D eigenvalue weighted by Gasteiger charge is 2.26. The first-order valence-corrected chi connectivity index (χ1v) is 13.8. The molecule has 3 aromatic rings. The van der Waals surface area contributed by atoms with Crippen molar-refractivity contribution in [3.05, 3.63) is 48.3 Å². The summed E-state index contributed by atoms with van der Waals surface area (Å²) < 4.78 is 36.8. The largest absolute Gasteiger partial charge is 0.473 e. The number of amides is 1. The van der Waals surface area contributed by atoms with Gasteiger partial charge in [0.25, 0.3) is 0 Å². The summed E-state index contributed by atoms with van der Waals surface area (Å²) in [5.41, 5.74) is 4.07. The lowest BCUT2D eigenvalue weighted by Crippen LogP contribution is -2.46. The van der Waals surface area contributed by atoms with Gasteiger partial charge in [0.05, 0.1) is 17.5 Å². The van der Waals surface area contributed by atoms with Crippen LogP contribution in [0.15, 0.2) is 42.7 Å². The Kier molecular flexibility index (Phi) is 6.87. The van der Waals surface area contributed by atoms with E-state index in [2.05, 4.69) is 22.1 Å². The maximum atomic E-state index is 11.8. The van der Waals surface area contributed by atoms with Gasteiger partial charge in [-0.1, -0.05) is 24.3 Å². The second-order valence-electron chi connectivity index (χ2n) is 9.31. The number of carbonyl (C=O) groups is 1. The number of ether oxygens (including phenoxy) is 2. The van der Waals surface area contributed by atoms with Crippen molar-refractivity contribution < 1.29 is 22.7 Å². The third-order valence-corrected chi connectivity index (χ3v) is 8.08. The molecule has 5 rings (SSSR count). The number of benzene rings is 1. The number of pyridine rings is 1. The maximum Gasteiger partial charge on any atom is 0.248 e. The Balaban J connectivity index is 1.33. The summed E-state index contributed by atoms with van der Waals surface area (Å²) >= 11 is 0. The fraction of sp³-hybridized carbons (Fsp3) is 0.440. The second kappa shape index (κ2) is 10.1. The Morgan fingerprint density at radius 2 is 1.83 bits per heavy atom. The molecule has 190 valence electrons. The molecule has 0 N–H and O–H groups in total. The van der Waals surface area contributed by atoms with Crippen LogP contribution in [0.5, 0.6) is 5.88 Å². The number of sulfonamides is 1. The van der Waals surface area contributed by atoms with Gasteiger partial charge in [0.2, 0.25) is 21.8 Å². The summed E-state index contributed by atoms with van der Waals surface area (Å²) in [6.45, 7) is 1.83. The molecule has 0 saturated carbocycles. The van der Waals surface area contributed by atoms with Crippen LogP contribution in [0.25, 0.3) is 22.3 Å². The van der Waals surface area contributed by atoms with Gasteiger partial charge in [-0.2, -0.15) is 0 Å². The SMILES string of the molecule is CN1C[C@@H](COc2nc(-c3ccc(C4CCN(S(C)(=O)=O)CC4)cc3)cc3nccnc23)OCC1=O. The Bertz CT molecular complexity index is 1360. The lowest BCUT2D eigenvalue weighted by atomic mass is 9.89. The molecule has 0 bridgehead atoms. The van der Waals surface area contributed by atoms with Crippen molar-refractivity contribution in [3.8, 4) is 17.1 Å². The number of carbonyl (C=O) groups excluding carboxylic acids is 1. The first kappa shape index (κ1) is 24.5. The molecule has 2 aromatic heterocycles. The topological polar surface area (TPSA) is 115 Å². The van der Waals surface area contributed by atoms with Gasteiger partial charge < -0.3 is 14.4 Å². The molecule has 2 aliphatic heterocycles. The van der Waals surface area contributed by atoms with Crippen molar-refractivity contribution in [2.75, 3.05) is 46.2 Å². The van der Waals surface area contributed by atoms with Crippen molar-refractivity contribution in [2.45, 2.75) is 24.9 Å². The normalized spacial score (nSPS) is 20.1. The van der Waals surface area contributed by atoms with Crippen molar-refractivity contribution in [3.63, 3.8) is 0 Å². The summed E-state index contributed by atoms with van der Waals surface area (Å²) in [7, 11) is -1.39. The molecule has 0 radical (unpaired) electrons. The molecule has 4 heterocycles. The molecule has 2 aliphatic rings. The smallest absolute Gasteiger partial charge is 0.248 e. The van der Waals surface area contributed by atoms with Crippen molar-refractivity contribution in [1.82, 2.24) is 24.2 Å². The maximum absolute atomic E-state index is 11.8. The third-order valence-electron chi connectivity index (χ3n) is 6.78. The molecule has 1 atom stereocenters. The van der Waals surface area contributed by atoms with Crippen molar-refractivity contribution >= 4 is 27.0 Å². The minimum atomic E-state index is -3.14. The zero-order valence-electron chi connectivity index (χ0n) is 20.3. The molecule has 1 aromatic carbocycles. The standard InChI is InChI=1S/C25H29N5O5S/c1-29-14-20(34-16-23(29)31)15-35-25-24-22(26-9-10-27-24)13-21(28-25)19-5-3-17(4-6-19)18-7-11-30(12-8-18)36(2,32)33/h3-6,9-10,13,18,20H,7-8,11-12,14-16H2,1-2H3/t20-/m0/s1. The van der Waals surface area contributed by atoms with Crippen LogP contribution in [-0.2, 0) is 19.6 Å². The predicted octanol–water partition coefficient (Wildman–Crippen LogP) is 2.07. The van der Waals surface area contributed by atoms with E-state index in [0.29, 0.717) is 48.2 Å². The van der Waals surface area contributed by atoms with E-state index in [1.165, 1.54) is 11.8 Å². The second-order valence-corrected chi connectivity index (χ2v) is 11.3. The van der Waals surface area contributed by atoms with Crippen LogP contribution < -0.4 is 4.74 Å². The van der Waals surface area contributed by atoms with Gasteiger partial charge in [0, 0.05) is 44.6 Å². The summed E-state index contributed by atoms with van der Waals surface area (Å²) in [6.07, 6.45) is 5.86. The van der Waals surface area contributed by atoms with E-state index < -0.39 is 10.0 Å². The average Bonchev–Trinajstić information content (AvgIpc) is 2.89. The van der Waals surface area contributed by atoms with Crippen LogP contribution in [0.4, 0.5) is 0 Å². The molecule has 0 spiro atoms. The fourth-order valence-corrected chi connectivity index (χ4v) is 5.54. The lowest BCUT2D eigenvalue weighted by molar-refractivity contribution is -0.148. The molecule has 36 heavy (non-hydrogen) atoms. The van der Waals surface area contributed by atoms with Gasteiger partial charge in [0.15, 0.2) is 5.52 Å². The van der Waals surface area contributed by atoms with Gasteiger partial charge in [0.1, 0.15) is 19.3 Å². The number of hydrogen-bond donors (Lipinski definition) is 0. The number of hydrogen-bond acceptors (Lipinski definition) is 8. The van der Waals surface area contributed by atoms with E-state index in [1.807, 2.05) is 18.2 Å². The van der Waals surface area contributed by atoms with Crippen molar-refractivity contribution in [1.29, 1.82) is 0 Å². The Morgan fingerprint density at radius 3 is 2.53 bits per heavy atom. The number of nitrogens with zero attached hydrogens (tertiary/aromatic N) is 5. The Morgan fingerprint density at radius 1 is 1.11 bits per heavy atom. The zero-order valence-corrected chi connectivity index (χ0v) is 21.1. The van der Waals surface area contributed by atoms with E-state index in [0.717, 1.165) is 18.4 Å². The van der Waals surface area contributed by atoms with Gasteiger partial charge in [-0.05, 0) is 30.4 Å². The number of fused-ring (bicyclic) bond motifs is 1. The highest BCUT2D eigenvalue weighted by atomic mass is 32.2. The fourth-order valence-electron chi connectivity index (χ4n) is 4.67. The monoisotopic (exact) mass is 511 g/mol. The average molecular weight is 512 g/mol. The highest BCUT2D eigenvalue weighted by molar-refractivity contribution is 7.88. The molecule has 0 aliphatic carbocycles. The number of piperidine rings is 1. The summed E-state index contributed by atoms with van der Waals surface area (Å²) in [6, 6.07) is 10.1. The summed E-state index contributed by atoms with van der Waals surface area (Å²) in [5.74, 6) is 0.648. The van der Waals surface area contributed by atoms with E-state index in [1.54, 1.807) is 28.6 Å². The van der Waals surface area contributed by atoms with Crippen LogP contribution in [-0.4, -0.2) is 90.7 Å². The molecule has 0 unspecified atom stereocenters. The predicted molar refractivity (Wildman–Crippen MR) is 134 cm³/mol. The van der Waals surface area contributed by atoms with E-state index >= 15 is 0 Å². The van der Waals surface area contributed by atoms with Gasteiger partial charge >= 0.3 is 0 Å². The molecule has 2 saturated heterocycles. The van der Waals surface area contributed by atoms with Gasteiger partial charge in [-0.3, -0.25) is 9.78 Å². The number of rotatable bonds is 6. The van der Waals surface area contributed by atoms with Gasteiger partial charge in [-0.25, -0.2) is 22.7 Å². The summed E-state index contributed by atoms with van der Waals surface area (Å²) in [4.78, 5) is 26.9. The molecule has 11 heteroatoms. The number of likely N-dealkylation sites (N-methyl/N-ethyl adjacent to an activating group) is 1. The molecular weight excluding hydrogens is 482 g/mol. The lowest BCUT2D eigenvalue weighted by Gasteiger charge is -2.30. The first-order valence-electron chi connectivity index (χ1n) is 11.9. The first-order chi connectivity index (χ1) is 17.3. The van der Waals surface area contributed by atoms with Crippen molar-refractivity contribution in [2.24, 2.45) is 0 Å². The van der Waals surface area contributed by atoms with Gasteiger partial charge in [-0.15, -0.1) is 0 Å². The molecule has 1 amide bonds. The van der Waals surface area contributed by atoms with E-state index in [4.69, 9.17) is 14.5 Å². The molecule has 10 nitrogen and oxygen atoms in total. The van der Waals surface area contributed by atoms with E-state index in [9.17, 15) is 13.2 Å².